The second-order valence-corrected chi connectivity index (χ2v) is 7.15. The number of imide groups is 1. The van der Waals surface area contributed by atoms with E-state index in [-0.39, 0.29) is 24.1 Å². The van der Waals surface area contributed by atoms with E-state index in [0.717, 1.165) is 26.1 Å². The fourth-order valence-electron chi connectivity index (χ4n) is 3.16. The van der Waals surface area contributed by atoms with Gasteiger partial charge in [0, 0.05) is 22.4 Å². The molecule has 2 aliphatic rings. The summed E-state index contributed by atoms with van der Waals surface area (Å²) in [5, 5.41) is 2.84. The summed E-state index contributed by atoms with van der Waals surface area (Å²) in [5.41, 5.74) is 1.78. The Kier molecular flexibility index (Phi) is 4.45. The van der Waals surface area contributed by atoms with Gasteiger partial charge >= 0.3 is 0 Å². The summed E-state index contributed by atoms with van der Waals surface area (Å²) >= 11 is 1.62. The largest absolute Gasteiger partial charge is 0.371 e. The topological polar surface area (TPSA) is 69.7 Å². The van der Waals surface area contributed by atoms with E-state index < -0.39 is 5.91 Å². The molecule has 27 heavy (non-hydrogen) atoms. The van der Waals surface area contributed by atoms with Gasteiger partial charge in [-0.2, -0.15) is 0 Å². The van der Waals surface area contributed by atoms with Crippen molar-refractivity contribution in [2.45, 2.75) is 16.7 Å². The summed E-state index contributed by atoms with van der Waals surface area (Å²) in [6.45, 7) is 1.95. The van der Waals surface area contributed by atoms with Crippen LogP contribution in [-0.4, -0.2) is 35.7 Å². The van der Waals surface area contributed by atoms with Gasteiger partial charge in [0.05, 0.1) is 17.9 Å². The Morgan fingerprint density at radius 2 is 1.59 bits per heavy atom. The second kappa shape index (κ2) is 6.92. The molecule has 2 heterocycles. The number of anilines is 2. The summed E-state index contributed by atoms with van der Waals surface area (Å²) in [7, 11) is 0. The maximum atomic E-state index is 13.0. The summed E-state index contributed by atoms with van der Waals surface area (Å²) in [5.74, 6) is -0.959. The molecule has 0 fully saturated rings. The first kappa shape index (κ1) is 17.4. The van der Waals surface area contributed by atoms with Crippen LogP contribution in [0.2, 0.25) is 0 Å². The highest BCUT2D eigenvalue weighted by molar-refractivity contribution is 7.99. The van der Waals surface area contributed by atoms with Crippen LogP contribution in [0.1, 0.15) is 6.92 Å². The first-order valence-corrected chi connectivity index (χ1v) is 9.42. The SMILES string of the molecule is CCN1C(=O)C=C(NCC(=O)N2c3ccccc3Sc3ccccc32)C1=O. The van der Waals surface area contributed by atoms with E-state index >= 15 is 0 Å². The lowest BCUT2D eigenvalue weighted by Crippen LogP contribution is -2.39. The zero-order valence-corrected chi connectivity index (χ0v) is 15.5. The zero-order chi connectivity index (χ0) is 19.0. The number of hydrogen-bond acceptors (Lipinski definition) is 5. The lowest BCUT2D eigenvalue weighted by Gasteiger charge is -2.31. The molecule has 2 aromatic carbocycles. The van der Waals surface area contributed by atoms with Crippen LogP contribution in [0.25, 0.3) is 0 Å². The van der Waals surface area contributed by atoms with E-state index in [1.54, 1.807) is 23.6 Å². The number of fused-ring (bicyclic) bond motifs is 2. The molecule has 6 nitrogen and oxygen atoms in total. The number of para-hydroxylation sites is 2. The molecule has 0 spiro atoms. The first-order valence-electron chi connectivity index (χ1n) is 8.60. The van der Waals surface area contributed by atoms with E-state index in [1.165, 1.54) is 6.08 Å². The fourth-order valence-corrected chi connectivity index (χ4v) is 4.22. The minimum Gasteiger partial charge on any atom is -0.371 e. The van der Waals surface area contributed by atoms with E-state index in [9.17, 15) is 14.4 Å². The van der Waals surface area contributed by atoms with Crippen LogP contribution in [0, 0.1) is 0 Å². The Bertz CT molecular complexity index is 940. The molecule has 136 valence electrons. The number of likely N-dealkylation sites (N-methyl/N-ethyl adjacent to an activating group) is 1. The second-order valence-electron chi connectivity index (χ2n) is 6.07. The van der Waals surface area contributed by atoms with E-state index in [1.807, 2.05) is 48.5 Å². The molecule has 0 saturated carbocycles. The first-order chi connectivity index (χ1) is 13.1. The number of amides is 3. The molecule has 0 unspecified atom stereocenters. The molecular formula is C20H17N3O3S. The Morgan fingerprint density at radius 3 is 2.15 bits per heavy atom. The van der Waals surface area contributed by atoms with Crippen molar-refractivity contribution in [3.63, 3.8) is 0 Å². The third-order valence-electron chi connectivity index (χ3n) is 4.44. The predicted octanol–water partition coefficient (Wildman–Crippen LogP) is 2.68. The predicted molar refractivity (Wildman–Crippen MR) is 103 cm³/mol. The van der Waals surface area contributed by atoms with Crippen molar-refractivity contribution in [2.24, 2.45) is 0 Å². The molecule has 0 saturated heterocycles. The van der Waals surface area contributed by atoms with Crippen molar-refractivity contribution < 1.29 is 14.4 Å². The lowest BCUT2D eigenvalue weighted by molar-refractivity contribution is -0.137. The molecule has 0 aromatic heterocycles. The standard InChI is InChI=1S/C20H17N3O3S/c1-2-22-18(24)11-13(20(22)26)21-12-19(25)23-14-7-3-5-9-16(14)27-17-10-6-4-8-15(17)23/h3-11,21H,2,12H2,1H3. The highest BCUT2D eigenvalue weighted by atomic mass is 32.2. The van der Waals surface area contributed by atoms with Gasteiger partial charge in [-0.25, -0.2) is 0 Å². The van der Waals surface area contributed by atoms with Crippen molar-refractivity contribution in [1.29, 1.82) is 0 Å². The fraction of sp³-hybridized carbons (Fsp3) is 0.150. The number of carbonyl (C=O) groups excluding carboxylic acids is 3. The highest BCUT2D eigenvalue weighted by Crippen LogP contribution is 2.47. The zero-order valence-electron chi connectivity index (χ0n) is 14.6. The van der Waals surface area contributed by atoms with Crippen molar-refractivity contribution in [1.82, 2.24) is 10.2 Å². The third-order valence-corrected chi connectivity index (χ3v) is 5.57. The van der Waals surface area contributed by atoms with Gasteiger partial charge in [0.1, 0.15) is 5.70 Å². The van der Waals surface area contributed by atoms with Crippen LogP contribution in [0.4, 0.5) is 11.4 Å². The van der Waals surface area contributed by atoms with Crippen molar-refractivity contribution in [3.05, 3.63) is 60.3 Å². The summed E-state index contributed by atoms with van der Waals surface area (Å²) in [6, 6.07) is 15.4. The number of hydrogen-bond donors (Lipinski definition) is 1. The number of nitrogens with zero attached hydrogens (tertiary/aromatic N) is 2. The third kappa shape index (κ3) is 3.00. The van der Waals surface area contributed by atoms with Crippen LogP contribution >= 0.6 is 11.8 Å². The van der Waals surface area contributed by atoms with Crippen molar-refractivity contribution >= 4 is 40.9 Å². The Morgan fingerprint density at radius 1 is 1.00 bits per heavy atom. The number of carbonyl (C=O) groups is 3. The van der Waals surface area contributed by atoms with Crippen molar-refractivity contribution in [2.75, 3.05) is 18.0 Å². The number of rotatable bonds is 4. The van der Waals surface area contributed by atoms with Crippen LogP contribution < -0.4 is 10.2 Å². The Balaban J connectivity index is 1.59. The lowest BCUT2D eigenvalue weighted by atomic mass is 10.2. The summed E-state index contributed by atoms with van der Waals surface area (Å²) < 4.78 is 0. The van der Waals surface area contributed by atoms with Gasteiger partial charge in [-0.3, -0.25) is 24.2 Å². The molecular weight excluding hydrogens is 362 g/mol. The van der Waals surface area contributed by atoms with Gasteiger partial charge in [-0.15, -0.1) is 0 Å². The molecule has 2 aromatic rings. The van der Waals surface area contributed by atoms with Crippen LogP contribution in [0.3, 0.4) is 0 Å². The molecule has 0 aliphatic carbocycles. The van der Waals surface area contributed by atoms with E-state index in [0.29, 0.717) is 6.54 Å². The smallest absolute Gasteiger partial charge is 0.276 e. The Hall–Kier alpha value is -3.06. The minimum absolute atomic E-state index is 0.0876. The van der Waals surface area contributed by atoms with E-state index in [2.05, 4.69) is 5.32 Å². The monoisotopic (exact) mass is 379 g/mol. The Labute approximate surface area is 160 Å². The van der Waals surface area contributed by atoms with Gasteiger partial charge in [-0.05, 0) is 31.2 Å². The minimum atomic E-state index is -0.398. The van der Waals surface area contributed by atoms with Gasteiger partial charge in [0.25, 0.3) is 17.7 Å². The molecule has 2 aliphatic heterocycles. The highest BCUT2D eigenvalue weighted by Gasteiger charge is 2.31. The van der Waals surface area contributed by atoms with Gasteiger partial charge in [0.15, 0.2) is 0 Å². The number of nitrogens with one attached hydrogen (secondary N) is 1. The molecule has 1 N–H and O–H groups in total. The average molecular weight is 379 g/mol. The van der Waals surface area contributed by atoms with Crippen LogP contribution in [-0.2, 0) is 14.4 Å². The van der Waals surface area contributed by atoms with E-state index in [4.69, 9.17) is 0 Å². The van der Waals surface area contributed by atoms with Crippen LogP contribution in [0.5, 0.6) is 0 Å². The van der Waals surface area contributed by atoms with Crippen molar-refractivity contribution in [3.8, 4) is 0 Å². The quantitative estimate of drug-likeness (QED) is 0.827. The average Bonchev–Trinajstić information content (AvgIpc) is 2.96. The summed E-state index contributed by atoms with van der Waals surface area (Å²) in [6.07, 6.45) is 1.24. The van der Waals surface area contributed by atoms with Gasteiger partial charge in [-0.1, -0.05) is 36.0 Å². The van der Waals surface area contributed by atoms with Gasteiger partial charge < -0.3 is 5.32 Å². The van der Waals surface area contributed by atoms with Gasteiger partial charge in [0.2, 0.25) is 0 Å². The molecule has 3 amide bonds. The summed E-state index contributed by atoms with van der Waals surface area (Å²) in [4.78, 5) is 41.8. The molecule has 4 rings (SSSR count). The molecule has 7 heteroatoms. The maximum absolute atomic E-state index is 13.0. The molecule has 0 atom stereocenters. The molecule has 0 bridgehead atoms. The van der Waals surface area contributed by atoms with Crippen LogP contribution in [0.15, 0.2) is 70.1 Å². The normalized spacial score (nSPS) is 15.4. The molecule has 0 radical (unpaired) electrons. The number of benzene rings is 2. The maximum Gasteiger partial charge on any atom is 0.276 e.